The summed E-state index contributed by atoms with van der Waals surface area (Å²) in [7, 11) is 0. The number of rotatable bonds is 6. The van der Waals surface area contributed by atoms with Gasteiger partial charge in [-0.15, -0.1) is 0 Å². The average molecular weight is 334 g/mol. The molecule has 3 heteroatoms. The molecule has 3 N–H and O–H groups in total. The van der Waals surface area contributed by atoms with Gasteiger partial charge in [0.1, 0.15) is 5.75 Å². The lowest BCUT2D eigenvalue weighted by atomic mass is 10.00. The molecule has 3 rings (SSSR count). The summed E-state index contributed by atoms with van der Waals surface area (Å²) in [6.07, 6.45) is 3.63. The van der Waals surface area contributed by atoms with Crippen LogP contribution in [0.15, 0.2) is 66.7 Å². The van der Waals surface area contributed by atoms with Crippen LogP contribution >= 0.6 is 0 Å². The predicted octanol–water partition coefficient (Wildman–Crippen LogP) is 4.37. The maximum absolute atomic E-state index is 9.54. The van der Waals surface area contributed by atoms with Gasteiger partial charge in [-0.05, 0) is 72.2 Å². The van der Waals surface area contributed by atoms with Gasteiger partial charge in [0.2, 0.25) is 0 Å². The minimum Gasteiger partial charge on any atom is -0.508 e. The monoisotopic (exact) mass is 334 g/mol. The molecule has 3 nitrogen and oxygen atoms in total. The fourth-order valence-corrected chi connectivity index (χ4v) is 2.84. The van der Waals surface area contributed by atoms with Gasteiger partial charge in [-0.1, -0.05) is 42.5 Å². The van der Waals surface area contributed by atoms with E-state index in [9.17, 15) is 15.3 Å². The van der Waals surface area contributed by atoms with Gasteiger partial charge in [-0.3, -0.25) is 0 Å². The molecule has 25 heavy (non-hydrogen) atoms. The first-order chi connectivity index (χ1) is 12.1. The summed E-state index contributed by atoms with van der Waals surface area (Å²) in [6, 6.07) is 20.9. The Kier molecular flexibility index (Phi) is 5.24. The summed E-state index contributed by atoms with van der Waals surface area (Å²) >= 11 is 0. The Hall–Kier alpha value is -2.94. The van der Waals surface area contributed by atoms with Crippen molar-refractivity contribution in [3.8, 4) is 17.2 Å². The third-order valence-electron chi connectivity index (χ3n) is 4.40. The van der Waals surface area contributed by atoms with Crippen LogP contribution in [-0.2, 0) is 25.7 Å². The van der Waals surface area contributed by atoms with Gasteiger partial charge < -0.3 is 15.3 Å². The lowest BCUT2D eigenvalue weighted by Gasteiger charge is -2.06. The van der Waals surface area contributed by atoms with E-state index < -0.39 is 0 Å². The maximum Gasteiger partial charge on any atom is 0.157 e. The second kappa shape index (κ2) is 7.75. The van der Waals surface area contributed by atoms with Crippen molar-refractivity contribution in [3.05, 3.63) is 89.0 Å². The normalized spacial score (nSPS) is 10.7. The minimum absolute atomic E-state index is 0.0675. The average Bonchev–Trinajstić information content (AvgIpc) is 2.63. The van der Waals surface area contributed by atoms with Crippen LogP contribution in [0.3, 0.4) is 0 Å². The Morgan fingerprint density at radius 2 is 0.840 bits per heavy atom. The van der Waals surface area contributed by atoms with Crippen LogP contribution in [0.4, 0.5) is 0 Å². The molecule has 0 spiro atoms. The smallest absolute Gasteiger partial charge is 0.157 e. The van der Waals surface area contributed by atoms with Crippen molar-refractivity contribution in [1.29, 1.82) is 0 Å². The number of hydrogen-bond acceptors (Lipinski definition) is 3. The highest BCUT2D eigenvalue weighted by molar-refractivity contribution is 5.40. The lowest BCUT2D eigenvalue weighted by molar-refractivity contribution is 0.403. The molecule has 0 saturated heterocycles. The molecule has 0 fully saturated rings. The van der Waals surface area contributed by atoms with Crippen molar-refractivity contribution < 1.29 is 15.3 Å². The second-order valence-electron chi connectivity index (χ2n) is 6.31. The molecular weight excluding hydrogens is 312 g/mol. The number of benzene rings is 3. The molecule has 0 bridgehead atoms. The summed E-state index contributed by atoms with van der Waals surface area (Å²) in [5.41, 5.74) is 4.76. The summed E-state index contributed by atoms with van der Waals surface area (Å²) in [4.78, 5) is 0. The van der Waals surface area contributed by atoms with Gasteiger partial charge in [-0.25, -0.2) is 0 Å². The molecule has 3 aromatic rings. The van der Waals surface area contributed by atoms with Crippen molar-refractivity contribution in [1.82, 2.24) is 0 Å². The molecule has 0 radical (unpaired) electrons. The number of phenolic OH excluding ortho intramolecular Hbond substituents is 3. The van der Waals surface area contributed by atoms with E-state index in [1.54, 1.807) is 18.2 Å². The van der Waals surface area contributed by atoms with E-state index in [4.69, 9.17) is 0 Å². The van der Waals surface area contributed by atoms with Crippen molar-refractivity contribution in [3.63, 3.8) is 0 Å². The molecule has 0 heterocycles. The molecule has 0 amide bonds. The summed E-state index contributed by atoms with van der Waals surface area (Å²) < 4.78 is 0. The molecule has 0 aliphatic heterocycles. The van der Waals surface area contributed by atoms with Crippen molar-refractivity contribution >= 4 is 0 Å². The number of hydrogen-bond donors (Lipinski definition) is 3. The van der Waals surface area contributed by atoms with Crippen LogP contribution in [0.1, 0.15) is 22.3 Å². The molecule has 0 saturated carbocycles. The highest BCUT2D eigenvalue weighted by Crippen LogP contribution is 2.25. The predicted molar refractivity (Wildman–Crippen MR) is 99.1 cm³/mol. The van der Waals surface area contributed by atoms with Crippen LogP contribution < -0.4 is 0 Å². The fourth-order valence-electron chi connectivity index (χ4n) is 2.84. The van der Waals surface area contributed by atoms with Crippen molar-refractivity contribution in [2.75, 3.05) is 0 Å². The minimum atomic E-state index is -0.0817. The third-order valence-corrected chi connectivity index (χ3v) is 4.40. The van der Waals surface area contributed by atoms with Gasteiger partial charge in [0, 0.05) is 0 Å². The lowest BCUT2D eigenvalue weighted by Crippen LogP contribution is -1.94. The molecule has 3 aromatic carbocycles. The zero-order valence-electron chi connectivity index (χ0n) is 14.0. The Morgan fingerprint density at radius 3 is 1.32 bits per heavy atom. The number of phenols is 3. The van der Waals surface area contributed by atoms with Crippen LogP contribution in [0.25, 0.3) is 0 Å². The first-order valence-electron chi connectivity index (χ1n) is 8.47. The van der Waals surface area contributed by atoms with Gasteiger partial charge in [0.25, 0.3) is 0 Å². The number of aromatic hydroxyl groups is 3. The molecule has 0 unspecified atom stereocenters. The Bertz CT molecular complexity index is 821. The first kappa shape index (κ1) is 16.9. The van der Waals surface area contributed by atoms with E-state index in [-0.39, 0.29) is 11.5 Å². The standard InChI is InChI=1S/C22H22O3/c23-20-12-9-18(10-13-20)6-5-16-1-3-17(4-2-16)7-8-19-11-14-21(24)22(25)15-19/h1-4,9-15,23-25H,5-8H2. The Morgan fingerprint density at radius 1 is 0.440 bits per heavy atom. The summed E-state index contributed by atoms with van der Waals surface area (Å²) in [5.74, 6) is 0.152. The van der Waals surface area contributed by atoms with Gasteiger partial charge >= 0.3 is 0 Å². The SMILES string of the molecule is Oc1ccc(CCc2ccc(CCc3ccc(O)c(O)c3)cc2)cc1. The summed E-state index contributed by atoms with van der Waals surface area (Å²) in [5, 5.41) is 28.2. The first-order valence-corrected chi connectivity index (χ1v) is 8.47. The second-order valence-corrected chi connectivity index (χ2v) is 6.31. The fraction of sp³-hybridized carbons (Fsp3) is 0.182. The topological polar surface area (TPSA) is 60.7 Å². The molecule has 0 aliphatic carbocycles. The van der Waals surface area contributed by atoms with Gasteiger partial charge in [-0.2, -0.15) is 0 Å². The van der Waals surface area contributed by atoms with E-state index in [1.165, 1.54) is 22.8 Å². The van der Waals surface area contributed by atoms with Gasteiger partial charge in [0.05, 0.1) is 0 Å². The maximum atomic E-state index is 9.54. The van der Waals surface area contributed by atoms with Gasteiger partial charge in [0.15, 0.2) is 11.5 Å². The Labute approximate surface area is 147 Å². The van der Waals surface area contributed by atoms with E-state index in [0.717, 1.165) is 31.2 Å². The van der Waals surface area contributed by atoms with Crippen LogP contribution in [-0.4, -0.2) is 15.3 Å². The number of aryl methyl sites for hydroxylation is 4. The largest absolute Gasteiger partial charge is 0.508 e. The van der Waals surface area contributed by atoms with Crippen LogP contribution in [0.5, 0.6) is 17.2 Å². The highest BCUT2D eigenvalue weighted by atomic mass is 16.3. The molecule has 0 aromatic heterocycles. The molecule has 0 aliphatic rings. The van der Waals surface area contributed by atoms with Crippen molar-refractivity contribution in [2.24, 2.45) is 0 Å². The molecular formula is C22H22O3. The Balaban J connectivity index is 1.53. The van der Waals surface area contributed by atoms with E-state index in [1.807, 2.05) is 18.2 Å². The quantitative estimate of drug-likeness (QED) is 0.587. The zero-order chi connectivity index (χ0) is 17.6. The third kappa shape index (κ3) is 4.77. The zero-order valence-corrected chi connectivity index (χ0v) is 14.0. The van der Waals surface area contributed by atoms with Crippen LogP contribution in [0.2, 0.25) is 0 Å². The van der Waals surface area contributed by atoms with Crippen molar-refractivity contribution in [2.45, 2.75) is 25.7 Å². The van der Waals surface area contributed by atoms with E-state index >= 15 is 0 Å². The van der Waals surface area contributed by atoms with Crippen LogP contribution in [0, 0.1) is 0 Å². The van der Waals surface area contributed by atoms with E-state index in [0.29, 0.717) is 5.75 Å². The molecule has 128 valence electrons. The highest BCUT2D eigenvalue weighted by Gasteiger charge is 2.02. The summed E-state index contributed by atoms with van der Waals surface area (Å²) in [6.45, 7) is 0. The molecule has 0 atom stereocenters. The van der Waals surface area contributed by atoms with E-state index in [2.05, 4.69) is 24.3 Å².